The highest BCUT2D eigenvalue weighted by atomic mass is 16.5. The zero-order chi connectivity index (χ0) is 22.2. The van der Waals surface area contributed by atoms with Gasteiger partial charge in [0.25, 0.3) is 0 Å². The van der Waals surface area contributed by atoms with Gasteiger partial charge in [0.1, 0.15) is 18.4 Å². The van der Waals surface area contributed by atoms with E-state index in [1.54, 1.807) is 13.2 Å². The maximum absolute atomic E-state index is 12.7. The molecule has 0 aliphatic carbocycles. The normalized spacial score (nSPS) is 17.1. The molecule has 1 atom stereocenters. The van der Waals surface area contributed by atoms with Crippen LogP contribution in [0.2, 0.25) is 0 Å². The third-order valence-corrected chi connectivity index (χ3v) is 5.79. The van der Waals surface area contributed by atoms with Crippen molar-refractivity contribution in [3.05, 3.63) is 95.8 Å². The quantitative estimate of drug-likeness (QED) is 0.595. The number of pyridine rings is 1. The number of aromatic nitrogens is 1. The number of hydrogen-bond acceptors (Lipinski definition) is 5. The van der Waals surface area contributed by atoms with Gasteiger partial charge in [0.05, 0.1) is 0 Å². The van der Waals surface area contributed by atoms with Crippen LogP contribution < -0.4 is 10.1 Å². The summed E-state index contributed by atoms with van der Waals surface area (Å²) >= 11 is 0. The van der Waals surface area contributed by atoms with Crippen molar-refractivity contribution in [2.75, 3.05) is 26.7 Å². The summed E-state index contributed by atoms with van der Waals surface area (Å²) < 4.78 is 5.95. The number of hydrogen-bond donors (Lipinski definition) is 1. The minimum Gasteiger partial charge on any atom is -0.489 e. The maximum atomic E-state index is 12.7. The first kappa shape index (κ1) is 22.0. The van der Waals surface area contributed by atoms with Crippen LogP contribution in [0.1, 0.15) is 16.7 Å². The first-order valence-corrected chi connectivity index (χ1v) is 11.0. The Kier molecular flexibility index (Phi) is 7.48. The minimum atomic E-state index is -0.183. The van der Waals surface area contributed by atoms with Crippen molar-refractivity contribution in [1.29, 1.82) is 0 Å². The number of nitrogens with one attached hydrogen (secondary N) is 1. The van der Waals surface area contributed by atoms with E-state index < -0.39 is 0 Å². The number of rotatable bonds is 8. The number of likely N-dealkylation sites (N-methyl/N-ethyl adjacent to an activating group) is 1. The van der Waals surface area contributed by atoms with Crippen molar-refractivity contribution in [3.63, 3.8) is 0 Å². The van der Waals surface area contributed by atoms with Crippen LogP contribution in [0.5, 0.6) is 5.75 Å². The number of amides is 1. The van der Waals surface area contributed by atoms with Crippen molar-refractivity contribution in [2.24, 2.45) is 0 Å². The van der Waals surface area contributed by atoms with Gasteiger partial charge >= 0.3 is 0 Å². The van der Waals surface area contributed by atoms with Gasteiger partial charge in [-0.15, -0.1) is 0 Å². The fraction of sp³-hybridized carbons (Fsp3) is 0.308. The van der Waals surface area contributed by atoms with Crippen molar-refractivity contribution < 1.29 is 9.53 Å². The highest BCUT2D eigenvalue weighted by molar-refractivity contribution is 5.81. The molecule has 0 spiro atoms. The Labute approximate surface area is 189 Å². The number of ether oxygens (including phenoxy) is 1. The van der Waals surface area contributed by atoms with Gasteiger partial charge in [-0.2, -0.15) is 0 Å². The molecule has 1 unspecified atom stereocenters. The van der Waals surface area contributed by atoms with Crippen molar-refractivity contribution in [1.82, 2.24) is 20.1 Å². The van der Waals surface area contributed by atoms with Gasteiger partial charge in [-0.1, -0.05) is 48.5 Å². The Morgan fingerprint density at radius 2 is 1.81 bits per heavy atom. The SMILES string of the molecule is CNC(=O)C1CN(Cc2ccccc2)CCN1Cc1cccc(OCc2cccnc2)c1. The van der Waals surface area contributed by atoms with Gasteiger partial charge in [0.2, 0.25) is 5.91 Å². The standard InChI is InChI=1S/C26H30N4O2/c1-27-26(31)25-19-29(17-21-7-3-2-4-8-21)13-14-30(25)18-22-9-5-11-24(15-22)32-20-23-10-6-12-28-16-23/h2-12,15-16,25H,13-14,17-20H2,1H3,(H,27,31). The summed E-state index contributed by atoms with van der Waals surface area (Å²) in [5.41, 5.74) is 3.45. The predicted molar refractivity (Wildman–Crippen MR) is 125 cm³/mol. The molecule has 1 aromatic heterocycles. The Balaban J connectivity index is 1.39. The molecule has 32 heavy (non-hydrogen) atoms. The summed E-state index contributed by atoms with van der Waals surface area (Å²) in [5.74, 6) is 0.886. The Morgan fingerprint density at radius 1 is 1.00 bits per heavy atom. The van der Waals surface area contributed by atoms with Gasteiger partial charge in [0, 0.05) is 57.7 Å². The lowest BCUT2D eigenvalue weighted by molar-refractivity contribution is -0.128. The van der Waals surface area contributed by atoms with Crippen LogP contribution in [-0.2, 0) is 24.5 Å². The van der Waals surface area contributed by atoms with E-state index in [-0.39, 0.29) is 11.9 Å². The second-order valence-corrected chi connectivity index (χ2v) is 8.12. The maximum Gasteiger partial charge on any atom is 0.238 e. The fourth-order valence-electron chi connectivity index (χ4n) is 4.09. The molecule has 2 heterocycles. The van der Waals surface area contributed by atoms with Gasteiger partial charge in [-0.25, -0.2) is 0 Å². The molecular weight excluding hydrogens is 400 g/mol. The molecule has 1 aliphatic rings. The van der Waals surface area contributed by atoms with Crippen molar-refractivity contribution >= 4 is 5.91 Å². The summed E-state index contributed by atoms with van der Waals surface area (Å²) in [6.45, 7) is 4.54. The van der Waals surface area contributed by atoms with E-state index in [0.29, 0.717) is 19.7 Å². The second-order valence-electron chi connectivity index (χ2n) is 8.12. The molecule has 1 saturated heterocycles. The molecule has 1 N–H and O–H groups in total. The second kappa shape index (κ2) is 10.9. The van der Waals surface area contributed by atoms with Gasteiger partial charge in [-0.05, 0) is 29.3 Å². The molecule has 1 fully saturated rings. The van der Waals surface area contributed by atoms with Crippen LogP contribution in [-0.4, -0.2) is 53.4 Å². The van der Waals surface area contributed by atoms with E-state index in [1.165, 1.54) is 5.56 Å². The third kappa shape index (κ3) is 5.93. The van der Waals surface area contributed by atoms with E-state index in [4.69, 9.17) is 4.74 Å². The molecule has 166 valence electrons. The van der Waals surface area contributed by atoms with Crippen molar-refractivity contribution in [3.8, 4) is 5.75 Å². The Bertz CT molecular complexity index is 997. The van der Waals surface area contributed by atoms with Gasteiger partial charge in [0.15, 0.2) is 0 Å². The molecule has 0 radical (unpaired) electrons. The predicted octanol–water partition coefficient (Wildman–Crippen LogP) is 3.09. The summed E-state index contributed by atoms with van der Waals surface area (Å²) in [5, 5.41) is 2.85. The summed E-state index contributed by atoms with van der Waals surface area (Å²) in [6, 6.07) is 22.3. The Morgan fingerprint density at radius 3 is 2.59 bits per heavy atom. The van der Waals surface area contributed by atoms with Crippen LogP contribution in [0.3, 0.4) is 0 Å². The molecule has 6 nitrogen and oxygen atoms in total. The molecule has 0 bridgehead atoms. The smallest absolute Gasteiger partial charge is 0.238 e. The average Bonchev–Trinajstić information content (AvgIpc) is 2.85. The summed E-state index contributed by atoms with van der Waals surface area (Å²) in [4.78, 5) is 21.4. The summed E-state index contributed by atoms with van der Waals surface area (Å²) in [7, 11) is 1.71. The lowest BCUT2D eigenvalue weighted by Crippen LogP contribution is -2.57. The first-order valence-electron chi connectivity index (χ1n) is 11.0. The first-order chi connectivity index (χ1) is 15.7. The fourth-order valence-corrected chi connectivity index (χ4v) is 4.09. The largest absolute Gasteiger partial charge is 0.489 e. The number of nitrogens with zero attached hydrogens (tertiary/aromatic N) is 3. The number of benzene rings is 2. The molecule has 1 amide bonds. The average molecular weight is 431 g/mol. The molecule has 2 aromatic carbocycles. The molecule has 3 aromatic rings. The van der Waals surface area contributed by atoms with E-state index in [9.17, 15) is 4.79 Å². The molecule has 1 aliphatic heterocycles. The molecular formula is C26H30N4O2. The van der Waals surface area contributed by atoms with Crippen LogP contribution >= 0.6 is 0 Å². The van der Waals surface area contributed by atoms with Gasteiger partial charge in [-0.3, -0.25) is 19.6 Å². The third-order valence-electron chi connectivity index (χ3n) is 5.79. The molecule has 4 rings (SSSR count). The molecule has 0 saturated carbocycles. The van der Waals surface area contributed by atoms with E-state index in [2.05, 4.69) is 56.5 Å². The zero-order valence-electron chi connectivity index (χ0n) is 18.5. The van der Waals surface area contributed by atoms with Gasteiger partial charge < -0.3 is 10.1 Å². The monoisotopic (exact) mass is 430 g/mol. The topological polar surface area (TPSA) is 57.7 Å². The number of piperazine rings is 1. The summed E-state index contributed by atoms with van der Waals surface area (Å²) in [6.07, 6.45) is 3.57. The highest BCUT2D eigenvalue weighted by Gasteiger charge is 2.31. The van der Waals surface area contributed by atoms with Crippen LogP contribution in [0.4, 0.5) is 0 Å². The van der Waals surface area contributed by atoms with Crippen molar-refractivity contribution in [2.45, 2.75) is 25.7 Å². The van der Waals surface area contributed by atoms with Crippen LogP contribution in [0, 0.1) is 0 Å². The minimum absolute atomic E-state index is 0.0618. The lowest BCUT2D eigenvalue weighted by atomic mass is 10.1. The van der Waals surface area contributed by atoms with E-state index >= 15 is 0 Å². The Hall–Kier alpha value is -3.22. The zero-order valence-corrected chi connectivity index (χ0v) is 18.5. The van der Waals surface area contributed by atoms with E-state index in [0.717, 1.165) is 36.5 Å². The highest BCUT2D eigenvalue weighted by Crippen LogP contribution is 2.20. The number of carbonyl (C=O) groups excluding carboxylic acids is 1. The van der Waals surface area contributed by atoms with E-state index in [1.807, 2.05) is 36.5 Å². The van der Waals surface area contributed by atoms with Crippen LogP contribution in [0.15, 0.2) is 79.1 Å². The number of carbonyl (C=O) groups is 1. The molecule has 6 heteroatoms. The lowest BCUT2D eigenvalue weighted by Gasteiger charge is -2.40. The van der Waals surface area contributed by atoms with Crippen LogP contribution in [0.25, 0.3) is 0 Å².